The maximum absolute atomic E-state index is 11.6. The van der Waals surface area contributed by atoms with Crippen LogP contribution < -0.4 is 0 Å². The second kappa shape index (κ2) is 7.83. The van der Waals surface area contributed by atoms with Gasteiger partial charge in [0.15, 0.2) is 0 Å². The van der Waals surface area contributed by atoms with E-state index in [0.717, 1.165) is 51.9 Å². The predicted octanol–water partition coefficient (Wildman–Crippen LogP) is 2.02. The summed E-state index contributed by atoms with van der Waals surface area (Å²) in [6.07, 6.45) is 5.38. The average Bonchev–Trinajstić information content (AvgIpc) is 2.68. The Kier molecular flexibility index (Phi) is 6.75. The van der Waals surface area contributed by atoms with Crippen LogP contribution in [0.25, 0.3) is 0 Å². The molecule has 0 heterocycles. The van der Waals surface area contributed by atoms with Crippen LogP contribution in [-0.4, -0.2) is 55.9 Å². The van der Waals surface area contributed by atoms with Crippen molar-refractivity contribution < 1.29 is 4.79 Å². The van der Waals surface area contributed by atoms with Gasteiger partial charge in [-0.25, -0.2) is 0 Å². The molecule has 0 spiro atoms. The van der Waals surface area contributed by atoms with Crippen molar-refractivity contribution in [2.24, 2.45) is 5.92 Å². The van der Waals surface area contributed by atoms with E-state index in [1.807, 2.05) is 0 Å². The van der Waals surface area contributed by atoms with Crippen molar-refractivity contribution in [2.45, 2.75) is 39.0 Å². The van der Waals surface area contributed by atoms with Crippen LogP contribution in [0.1, 0.15) is 39.0 Å². The van der Waals surface area contributed by atoms with Crippen molar-refractivity contribution in [1.29, 1.82) is 0 Å². The minimum Gasteiger partial charge on any atom is -0.309 e. The molecule has 100 valence electrons. The molecule has 3 nitrogen and oxygen atoms in total. The molecule has 1 rings (SSSR count). The summed E-state index contributed by atoms with van der Waals surface area (Å²) in [4.78, 5) is 16.3. The highest BCUT2D eigenvalue weighted by atomic mass is 16.1. The van der Waals surface area contributed by atoms with Crippen LogP contribution in [0.15, 0.2) is 0 Å². The van der Waals surface area contributed by atoms with Crippen molar-refractivity contribution in [1.82, 2.24) is 9.80 Å². The van der Waals surface area contributed by atoms with Crippen molar-refractivity contribution in [3.05, 3.63) is 0 Å². The fraction of sp³-hybridized carbons (Fsp3) is 0.929. The van der Waals surface area contributed by atoms with E-state index in [2.05, 4.69) is 30.8 Å². The van der Waals surface area contributed by atoms with Crippen LogP contribution in [0.2, 0.25) is 0 Å². The molecule has 0 aromatic heterocycles. The Labute approximate surface area is 106 Å². The molecule has 17 heavy (non-hydrogen) atoms. The van der Waals surface area contributed by atoms with E-state index in [1.165, 1.54) is 6.42 Å². The third-order valence-corrected chi connectivity index (χ3v) is 3.75. The highest BCUT2D eigenvalue weighted by Gasteiger charge is 2.24. The molecule has 1 saturated carbocycles. The molecule has 1 aliphatic rings. The van der Waals surface area contributed by atoms with Crippen LogP contribution in [-0.2, 0) is 4.79 Å². The Hall–Kier alpha value is -0.410. The fourth-order valence-corrected chi connectivity index (χ4v) is 2.57. The van der Waals surface area contributed by atoms with Crippen LogP contribution in [0.4, 0.5) is 0 Å². The molecule has 0 N–H and O–H groups in total. The maximum Gasteiger partial charge on any atom is 0.136 e. The van der Waals surface area contributed by atoms with Crippen molar-refractivity contribution in [3.63, 3.8) is 0 Å². The van der Waals surface area contributed by atoms with E-state index < -0.39 is 0 Å². The molecule has 0 saturated heterocycles. The molecule has 0 bridgehead atoms. The highest BCUT2D eigenvalue weighted by Crippen LogP contribution is 2.24. The zero-order chi connectivity index (χ0) is 12.7. The summed E-state index contributed by atoms with van der Waals surface area (Å²) in [7, 11) is 4.24. The summed E-state index contributed by atoms with van der Waals surface area (Å²) in [6, 6.07) is 0. The minimum absolute atomic E-state index is 0.373. The maximum atomic E-state index is 11.6. The van der Waals surface area contributed by atoms with Gasteiger partial charge < -0.3 is 9.80 Å². The molecule has 0 aliphatic heterocycles. The van der Waals surface area contributed by atoms with Gasteiger partial charge in [0.05, 0.1) is 0 Å². The van der Waals surface area contributed by atoms with Gasteiger partial charge in [-0.15, -0.1) is 0 Å². The van der Waals surface area contributed by atoms with Crippen LogP contribution in [0, 0.1) is 5.92 Å². The van der Waals surface area contributed by atoms with Gasteiger partial charge in [-0.1, -0.05) is 6.92 Å². The molecule has 0 aromatic carbocycles. The Morgan fingerprint density at radius 3 is 2.53 bits per heavy atom. The lowest BCUT2D eigenvalue weighted by atomic mass is 10.0. The second-order valence-corrected chi connectivity index (χ2v) is 5.44. The zero-order valence-corrected chi connectivity index (χ0v) is 11.7. The molecule has 3 heteroatoms. The molecule has 1 aliphatic carbocycles. The third kappa shape index (κ3) is 5.64. The number of ketones is 1. The summed E-state index contributed by atoms with van der Waals surface area (Å²) >= 11 is 0. The second-order valence-electron chi connectivity index (χ2n) is 5.44. The fourth-order valence-electron chi connectivity index (χ4n) is 2.57. The van der Waals surface area contributed by atoms with Gasteiger partial charge in [-0.3, -0.25) is 4.79 Å². The van der Waals surface area contributed by atoms with Crippen LogP contribution in [0.3, 0.4) is 0 Å². The van der Waals surface area contributed by atoms with E-state index in [1.54, 1.807) is 0 Å². The van der Waals surface area contributed by atoms with Crippen LogP contribution >= 0.6 is 0 Å². The van der Waals surface area contributed by atoms with Crippen LogP contribution in [0.5, 0.6) is 0 Å². The molecule has 0 aromatic rings. The van der Waals surface area contributed by atoms with Gasteiger partial charge in [0.25, 0.3) is 0 Å². The molecule has 1 unspecified atom stereocenters. The quantitative estimate of drug-likeness (QED) is 0.648. The van der Waals surface area contributed by atoms with E-state index in [-0.39, 0.29) is 0 Å². The van der Waals surface area contributed by atoms with E-state index in [4.69, 9.17) is 0 Å². The summed E-state index contributed by atoms with van der Waals surface area (Å²) in [5, 5.41) is 0. The number of hydrogen-bond acceptors (Lipinski definition) is 3. The number of nitrogens with zero attached hydrogens (tertiary/aromatic N) is 2. The summed E-state index contributed by atoms with van der Waals surface area (Å²) in [6.45, 7) is 6.73. The Bertz CT molecular complexity index is 228. The summed E-state index contributed by atoms with van der Waals surface area (Å²) < 4.78 is 0. The molecular formula is C14H28N2O. The van der Waals surface area contributed by atoms with E-state index in [0.29, 0.717) is 11.7 Å². The van der Waals surface area contributed by atoms with Crippen molar-refractivity contribution >= 4 is 5.78 Å². The first-order chi connectivity index (χ1) is 8.13. The largest absolute Gasteiger partial charge is 0.309 e. The summed E-state index contributed by atoms with van der Waals surface area (Å²) in [5.74, 6) is 0.882. The first-order valence-corrected chi connectivity index (χ1v) is 7.03. The van der Waals surface area contributed by atoms with E-state index in [9.17, 15) is 4.79 Å². The average molecular weight is 240 g/mol. The van der Waals surface area contributed by atoms with Gasteiger partial charge in [0, 0.05) is 12.3 Å². The van der Waals surface area contributed by atoms with Crippen molar-refractivity contribution in [2.75, 3.05) is 40.3 Å². The Balaban J connectivity index is 2.15. The Morgan fingerprint density at radius 2 is 2.00 bits per heavy atom. The number of rotatable bonds is 8. The highest BCUT2D eigenvalue weighted by molar-refractivity contribution is 5.82. The lowest BCUT2D eigenvalue weighted by molar-refractivity contribution is -0.120. The van der Waals surface area contributed by atoms with Gasteiger partial charge in [0.2, 0.25) is 0 Å². The molecule has 0 radical (unpaired) electrons. The normalized spacial score (nSPS) is 20.8. The minimum atomic E-state index is 0.373. The zero-order valence-electron chi connectivity index (χ0n) is 11.7. The number of carbonyl (C=O) groups excluding carboxylic acids is 1. The SMILES string of the molecule is CCN(CCCN(C)C)CCC1CCCC1=O. The first kappa shape index (κ1) is 14.7. The topological polar surface area (TPSA) is 23.6 Å². The monoisotopic (exact) mass is 240 g/mol. The van der Waals surface area contributed by atoms with Gasteiger partial charge in [-0.05, 0) is 66.0 Å². The first-order valence-electron chi connectivity index (χ1n) is 7.03. The standard InChI is InChI=1S/C14H28N2O/c1-4-16(11-6-10-15(2)3)12-9-13-7-5-8-14(13)17/h13H,4-12H2,1-3H3. The van der Waals surface area contributed by atoms with Gasteiger partial charge >= 0.3 is 0 Å². The number of Topliss-reactive ketones (excluding diaryl/α,β-unsaturated/α-hetero) is 1. The predicted molar refractivity (Wildman–Crippen MR) is 72.3 cm³/mol. The molecule has 1 atom stereocenters. The number of hydrogen-bond donors (Lipinski definition) is 0. The number of carbonyl (C=O) groups is 1. The van der Waals surface area contributed by atoms with Gasteiger partial charge in [-0.2, -0.15) is 0 Å². The molecular weight excluding hydrogens is 212 g/mol. The third-order valence-electron chi connectivity index (χ3n) is 3.75. The van der Waals surface area contributed by atoms with Gasteiger partial charge in [0.1, 0.15) is 5.78 Å². The van der Waals surface area contributed by atoms with Crippen molar-refractivity contribution in [3.8, 4) is 0 Å². The molecule has 1 fully saturated rings. The Morgan fingerprint density at radius 1 is 1.24 bits per heavy atom. The summed E-state index contributed by atoms with van der Waals surface area (Å²) in [5.41, 5.74) is 0. The smallest absolute Gasteiger partial charge is 0.136 e. The lowest BCUT2D eigenvalue weighted by Gasteiger charge is -2.22. The molecule has 0 amide bonds. The lowest BCUT2D eigenvalue weighted by Crippen LogP contribution is -2.29. The van der Waals surface area contributed by atoms with E-state index >= 15 is 0 Å².